The van der Waals surface area contributed by atoms with E-state index in [4.69, 9.17) is 21.1 Å². The number of carbonyl (C=O) groups excluding carboxylic acids is 2. The molecule has 1 aromatic rings. The van der Waals surface area contributed by atoms with Gasteiger partial charge in [-0.25, -0.2) is 0 Å². The van der Waals surface area contributed by atoms with E-state index in [9.17, 15) is 22.8 Å². The molecule has 0 spiro atoms. The Bertz CT molecular complexity index is 545. The average Bonchev–Trinajstić information content (AvgIpc) is 2.40. The van der Waals surface area contributed by atoms with Crippen LogP contribution >= 0.6 is 11.6 Å². The van der Waals surface area contributed by atoms with Crippen molar-refractivity contribution in [2.75, 3.05) is 13.2 Å². The first-order valence-electron chi connectivity index (χ1n) is 6.28. The number of rotatable bonds is 5. The molecule has 0 amide bonds. The van der Waals surface area contributed by atoms with Crippen LogP contribution in [0.4, 0.5) is 13.2 Å². The fraction of sp³-hybridized carbons (Fsp3) is 0.462. The normalized spacial score (nSPS) is 11.4. The van der Waals surface area contributed by atoms with Crippen molar-refractivity contribution in [2.45, 2.75) is 25.9 Å². The van der Waals surface area contributed by atoms with Gasteiger partial charge in [0.05, 0.1) is 18.2 Å². The van der Waals surface area contributed by atoms with Crippen LogP contribution in [0.15, 0.2) is 12.3 Å². The molecular weight excluding hydrogens is 327 g/mol. The van der Waals surface area contributed by atoms with Crippen LogP contribution in [-0.4, -0.2) is 30.1 Å². The third-order valence-corrected chi connectivity index (χ3v) is 2.85. The lowest BCUT2D eigenvalue weighted by atomic mass is 9.99. The summed E-state index contributed by atoms with van der Waals surface area (Å²) in [4.78, 5) is 26.9. The van der Waals surface area contributed by atoms with Crippen molar-refractivity contribution < 1.29 is 32.2 Å². The molecule has 0 aliphatic rings. The number of hydrogen-bond donors (Lipinski definition) is 0. The Morgan fingerprint density at radius 1 is 1.23 bits per heavy atom. The Balaban J connectivity index is 3.35. The quantitative estimate of drug-likeness (QED) is 0.609. The summed E-state index contributed by atoms with van der Waals surface area (Å²) in [5.74, 6) is -3.78. The van der Waals surface area contributed by atoms with Gasteiger partial charge in [0.1, 0.15) is 5.69 Å². The molecule has 5 nitrogen and oxygen atoms in total. The number of nitrogens with zero attached hydrogens (tertiary/aromatic N) is 1. The minimum absolute atomic E-state index is 0.0520. The van der Waals surface area contributed by atoms with E-state index >= 15 is 0 Å². The molecule has 0 aliphatic carbocycles. The highest BCUT2D eigenvalue weighted by molar-refractivity contribution is 6.32. The Morgan fingerprint density at radius 2 is 1.73 bits per heavy atom. The molecule has 0 unspecified atom stereocenters. The molecule has 0 radical (unpaired) electrons. The molecular formula is C13H13ClF3NO4. The SMILES string of the molecule is CCOC(=O)C(C(=O)OCC)c1cc(C(F)(F)F)ncc1Cl. The highest BCUT2D eigenvalue weighted by Crippen LogP contribution is 2.33. The highest BCUT2D eigenvalue weighted by Gasteiger charge is 2.38. The minimum Gasteiger partial charge on any atom is -0.465 e. The number of hydrogen-bond acceptors (Lipinski definition) is 5. The maximum atomic E-state index is 12.7. The van der Waals surface area contributed by atoms with E-state index < -0.39 is 29.7 Å². The third kappa shape index (κ3) is 4.33. The van der Waals surface area contributed by atoms with Crippen LogP contribution in [0.5, 0.6) is 0 Å². The van der Waals surface area contributed by atoms with Gasteiger partial charge in [0.2, 0.25) is 0 Å². The number of ether oxygens (including phenoxy) is 2. The molecule has 0 saturated carbocycles. The highest BCUT2D eigenvalue weighted by atomic mass is 35.5. The zero-order valence-corrected chi connectivity index (χ0v) is 12.5. The maximum absolute atomic E-state index is 12.7. The molecule has 0 aromatic carbocycles. The van der Waals surface area contributed by atoms with Gasteiger partial charge in [-0.2, -0.15) is 13.2 Å². The molecule has 1 aromatic heterocycles. The smallest absolute Gasteiger partial charge is 0.433 e. The van der Waals surface area contributed by atoms with Gasteiger partial charge in [-0.3, -0.25) is 14.6 Å². The van der Waals surface area contributed by atoms with E-state index in [1.807, 2.05) is 0 Å². The zero-order chi connectivity index (χ0) is 16.9. The summed E-state index contributed by atoms with van der Waals surface area (Å²) in [5, 5.41) is -0.265. The first kappa shape index (κ1) is 18.2. The van der Waals surface area contributed by atoms with Crippen LogP contribution < -0.4 is 0 Å². The number of halogens is 4. The Kier molecular flexibility index (Phi) is 6.16. The topological polar surface area (TPSA) is 65.5 Å². The van der Waals surface area contributed by atoms with Gasteiger partial charge in [-0.1, -0.05) is 11.6 Å². The van der Waals surface area contributed by atoms with Crippen molar-refractivity contribution in [2.24, 2.45) is 0 Å². The van der Waals surface area contributed by atoms with Crippen molar-refractivity contribution in [3.63, 3.8) is 0 Å². The molecule has 122 valence electrons. The average molecular weight is 340 g/mol. The minimum atomic E-state index is -4.74. The molecule has 9 heteroatoms. The van der Waals surface area contributed by atoms with E-state index in [0.29, 0.717) is 6.07 Å². The van der Waals surface area contributed by atoms with E-state index in [1.54, 1.807) is 0 Å². The zero-order valence-electron chi connectivity index (χ0n) is 11.7. The molecule has 0 aliphatic heterocycles. The van der Waals surface area contributed by atoms with Crippen molar-refractivity contribution in [1.29, 1.82) is 0 Å². The monoisotopic (exact) mass is 339 g/mol. The predicted molar refractivity (Wildman–Crippen MR) is 70.3 cm³/mol. The molecule has 0 N–H and O–H groups in total. The summed E-state index contributed by atoms with van der Waals surface area (Å²) in [6.07, 6.45) is -4.02. The summed E-state index contributed by atoms with van der Waals surface area (Å²) in [6, 6.07) is 0.542. The van der Waals surface area contributed by atoms with Crippen molar-refractivity contribution in [3.8, 4) is 0 Å². The maximum Gasteiger partial charge on any atom is 0.433 e. The molecule has 0 saturated heterocycles. The number of alkyl halides is 3. The van der Waals surface area contributed by atoms with Crippen LogP contribution in [-0.2, 0) is 25.2 Å². The van der Waals surface area contributed by atoms with Gasteiger partial charge in [0, 0.05) is 6.20 Å². The van der Waals surface area contributed by atoms with Gasteiger partial charge in [-0.15, -0.1) is 0 Å². The molecule has 1 heterocycles. The first-order chi connectivity index (χ1) is 10.2. The summed E-state index contributed by atoms with van der Waals surface area (Å²) in [6.45, 7) is 2.89. The summed E-state index contributed by atoms with van der Waals surface area (Å²) in [7, 11) is 0. The van der Waals surface area contributed by atoms with Crippen molar-refractivity contribution in [1.82, 2.24) is 4.98 Å². The van der Waals surface area contributed by atoms with Gasteiger partial charge < -0.3 is 9.47 Å². The number of aromatic nitrogens is 1. The second kappa shape index (κ2) is 7.44. The van der Waals surface area contributed by atoms with E-state index in [1.165, 1.54) is 13.8 Å². The van der Waals surface area contributed by atoms with Crippen LogP contribution in [0.3, 0.4) is 0 Å². The van der Waals surface area contributed by atoms with E-state index in [0.717, 1.165) is 6.20 Å². The van der Waals surface area contributed by atoms with E-state index in [2.05, 4.69) is 4.98 Å². The lowest BCUT2D eigenvalue weighted by Crippen LogP contribution is -2.27. The Labute approximate surface area is 129 Å². The summed E-state index contributed by atoms with van der Waals surface area (Å²) in [5.41, 5.74) is -1.63. The largest absolute Gasteiger partial charge is 0.465 e. The Hall–Kier alpha value is -1.83. The fourth-order valence-corrected chi connectivity index (χ4v) is 1.84. The number of esters is 2. The molecule has 1 rings (SSSR count). The van der Waals surface area contributed by atoms with Crippen LogP contribution in [0, 0.1) is 0 Å². The lowest BCUT2D eigenvalue weighted by Gasteiger charge is -2.17. The van der Waals surface area contributed by atoms with Crippen LogP contribution in [0.2, 0.25) is 5.02 Å². The molecule has 0 atom stereocenters. The standard InChI is InChI=1S/C13H13ClF3NO4/c1-3-21-11(19)10(12(20)22-4-2)7-5-9(13(15,16)17)18-6-8(7)14/h5-6,10H,3-4H2,1-2H3. The third-order valence-electron chi connectivity index (χ3n) is 2.53. The van der Waals surface area contributed by atoms with Gasteiger partial charge in [-0.05, 0) is 25.5 Å². The predicted octanol–water partition coefficient (Wildman–Crippen LogP) is 2.96. The van der Waals surface area contributed by atoms with Gasteiger partial charge in [0.25, 0.3) is 0 Å². The van der Waals surface area contributed by atoms with Gasteiger partial charge in [0.15, 0.2) is 5.92 Å². The van der Waals surface area contributed by atoms with E-state index in [-0.39, 0.29) is 23.8 Å². The molecule has 22 heavy (non-hydrogen) atoms. The first-order valence-corrected chi connectivity index (χ1v) is 6.66. The summed E-state index contributed by atoms with van der Waals surface area (Å²) >= 11 is 5.78. The molecule has 0 fully saturated rings. The van der Waals surface area contributed by atoms with Crippen LogP contribution in [0.1, 0.15) is 31.0 Å². The second-order valence-corrected chi connectivity index (χ2v) is 4.43. The van der Waals surface area contributed by atoms with Crippen molar-refractivity contribution in [3.05, 3.63) is 28.5 Å². The summed E-state index contributed by atoms with van der Waals surface area (Å²) < 4.78 is 47.6. The van der Waals surface area contributed by atoms with Gasteiger partial charge >= 0.3 is 18.1 Å². The molecule has 0 bridgehead atoms. The Morgan fingerprint density at radius 3 is 2.14 bits per heavy atom. The number of carbonyl (C=O) groups is 2. The van der Waals surface area contributed by atoms with Crippen molar-refractivity contribution >= 4 is 23.5 Å². The number of pyridine rings is 1. The fourth-order valence-electron chi connectivity index (χ4n) is 1.63. The second-order valence-electron chi connectivity index (χ2n) is 4.03. The lowest BCUT2D eigenvalue weighted by molar-refractivity contribution is -0.157. The van der Waals surface area contributed by atoms with Crippen LogP contribution in [0.25, 0.3) is 0 Å².